The number of hydrogen-bond acceptors (Lipinski definition) is 1. The SMILES string of the molecule is CCCN=C1C=CC(=C(c2ccccc2)c2c(-c3ccccc3)n(C)c3ccccc23)C=C1. The minimum Gasteiger partial charge on any atom is -0.343 e. The van der Waals surface area contributed by atoms with Crippen LogP contribution in [0.5, 0.6) is 0 Å². The summed E-state index contributed by atoms with van der Waals surface area (Å²) in [5, 5.41) is 1.26. The lowest BCUT2D eigenvalue weighted by molar-refractivity contribution is 0.934. The Labute approximate surface area is 195 Å². The van der Waals surface area contributed by atoms with Crippen molar-refractivity contribution >= 4 is 22.2 Å². The fraction of sp³-hybridized carbons (Fsp3) is 0.129. The van der Waals surface area contributed by atoms with Gasteiger partial charge in [0.2, 0.25) is 0 Å². The van der Waals surface area contributed by atoms with E-state index in [0.717, 1.165) is 18.7 Å². The summed E-state index contributed by atoms with van der Waals surface area (Å²) < 4.78 is 2.33. The zero-order valence-corrected chi connectivity index (χ0v) is 19.2. The zero-order valence-electron chi connectivity index (χ0n) is 19.2. The van der Waals surface area contributed by atoms with Crippen LogP contribution in [0.4, 0.5) is 0 Å². The third kappa shape index (κ3) is 4.01. The van der Waals surface area contributed by atoms with Gasteiger partial charge in [-0.3, -0.25) is 4.99 Å². The van der Waals surface area contributed by atoms with Gasteiger partial charge in [-0.15, -0.1) is 0 Å². The second kappa shape index (κ2) is 9.30. The van der Waals surface area contributed by atoms with Gasteiger partial charge >= 0.3 is 0 Å². The van der Waals surface area contributed by atoms with E-state index in [4.69, 9.17) is 0 Å². The van der Waals surface area contributed by atoms with E-state index in [-0.39, 0.29) is 0 Å². The molecule has 1 aromatic heterocycles. The lowest BCUT2D eigenvalue weighted by Gasteiger charge is -2.16. The summed E-state index contributed by atoms with van der Waals surface area (Å²) in [6.07, 6.45) is 9.77. The van der Waals surface area contributed by atoms with Crippen molar-refractivity contribution < 1.29 is 0 Å². The first-order chi connectivity index (χ1) is 16.3. The Kier molecular flexibility index (Phi) is 5.91. The molecule has 1 aliphatic carbocycles. The molecule has 3 aromatic carbocycles. The molecule has 0 aliphatic heterocycles. The van der Waals surface area contributed by atoms with Crippen LogP contribution in [0.15, 0.2) is 120 Å². The quantitative estimate of drug-likeness (QED) is 0.311. The van der Waals surface area contributed by atoms with Crippen LogP contribution in [-0.4, -0.2) is 16.8 Å². The van der Waals surface area contributed by atoms with Crippen LogP contribution in [0.25, 0.3) is 27.7 Å². The van der Waals surface area contributed by atoms with Crippen molar-refractivity contribution in [1.29, 1.82) is 0 Å². The zero-order chi connectivity index (χ0) is 22.6. The molecular weight excluding hydrogens is 400 g/mol. The van der Waals surface area contributed by atoms with Gasteiger partial charge < -0.3 is 4.57 Å². The fourth-order valence-electron chi connectivity index (χ4n) is 4.61. The van der Waals surface area contributed by atoms with Gasteiger partial charge in [-0.1, -0.05) is 97.9 Å². The monoisotopic (exact) mass is 428 g/mol. The van der Waals surface area contributed by atoms with Crippen molar-refractivity contribution in [3.05, 3.63) is 126 Å². The van der Waals surface area contributed by atoms with Crippen molar-refractivity contribution in [2.24, 2.45) is 12.0 Å². The third-order valence-corrected chi connectivity index (χ3v) is 6.14. The number of aromatic nitrogens is 1. The van der Waals surface area contributed by atoms with Crippen LogP contribution in [0, 0.1) is 0 Å². The molecule has 0 unspecified atom stereocenters. The lowest BCUT2D eigenvalue weighted by atomic mass is 9.88. The van der Waals surface area contributed by atoms with E-state index in [2.05, 4.69) is 133 Å². The molecule has 33 heavy (non-hydrogen) atoms. The number of fused-ring (bicyclic) bond motifs is 1. The molecular formula is C31H28N2. The van der Waals surface area contributed by atoms with Gasteiger partial charge in [0.05, 0.1) is 11.4 Å². The molecule has 0 saturated heterocycles. The normalized spacial score (nSPS) is 13.0. The molecule has 2 heteroatoms. The summed E-state index contributed by atoms with van der Waals surface area (Å²) in [4.78, 5) is 4.68. The molecule has 0 spiro atoms. The molecule has 0 bridgehead atoms. The minimum absolute atomic E-state index is 0.857. The Morgan fingerprint density at radius 3 is 2.09 bits per heavy atom. The van der Waals surface area contributed by atoms with Gasteiger partial charge in [0.15, 0.2) is 0 Å². The number of aliphatic imine (C=N–C) groups is 1. The third-order valence-electron chi connectivity index (χ3n) is 6.14. The average molecular weight is 429 g/mol. The summed E-state index contributed by atoms with van der Waals surface area (Å²) in [7, 11) is 2.17. The van der Waals surface area contributed by atoms with Crippen LogP contribution in [0.1, 0.15) is 24.5 Å². The van der Waals surface area contributed by atoms with Crippen molar-refractivity contribution in [2.45, 2.75) is 13.3 Å². The number of rotatable bonds is 5. The number of benzene rings is 3. The van der Waals surface area contributed by atoms with E-state index < -0.39 is 0 Å². The minimum atomic E-state index is 0.857. The maximum atomic E-state index is 4.68. The maximum Gasteiger partial charge on any atom is 0.0574 e. The number of para-hydroxylation sites is 1. The number of nitrogens with zero attached hydrogens (tertiary/aromatic N) is 2. The fourth-order valence-corrected chi connectivity index (χ4v) is 4.61. The Balaban J connectivity index is 1.83. The number of aryl methyl sites for hydroxylation is 1. The van der Waals surface area contributed by atoms with Gasteiger partial charge in [0.1, 0.15) is 0 Å². The molecule has 0 amide bonds. The summed E-state index contributed by atoms with van der Waals surface area (Å²) in [5.74, 6) is 0. The highest BCUT2D eigenvalue weighted by Gasteiger charge is 2.22. The highest BCUT2D eigenvalue weighted by Crippen LogP contribution is 2.42. The first-order valence-electron chi connectivity index (χ1n) is 11.6. The molecule has 0 fully saturated rings. The Morgan fingerprint density at radius 2 is 1.39 bits per heavy atom. The molecule has 1 aliphatic rings. The van der Waals surface area contributed by atoms with E-state index in [1.807, 2.05) is 0 Å². The summed E-state index contributed by atoms with van der Waals surface area (Å²) in [6, 6.07) is 30.1. The smallest absolute Gasteiger partial charge is 0.0574 e. The van der Waals surface area contributed by atoms with Crippen LogP contribution in [0.2, 0.25) is 0 Å². The number of hydrogen-bond donors (Lipinski definition) is 0. The summed E-state index contributed by atoms with van der Waals surface area (Å²) in [6.45, 7) is 3.01. The highest BCUT2D eigenvalue weighted by atomic mass is 15.0. The first kappa shape index (κ1) is 21.0. The Bertz CT molecular complexity index is 1380. The van der Waals surface area contributed by atoms with Gasteiger partial charge in [0, 0.05) is 30.1 Å². The van der Waals surface area contributed by atoms with Crippen molar-refractivity contribution in [1.82, 2.24) is 4.57 Å². The second-order valence-electron chi connectivity index (χ2n) is 8.34. The number of allylic oxidation sites excluding steroid dienone is 5. The second-order valence-corrected chi connectivity index (χ2v) is 8.34. The van der Waals surface area contributed by atoms with Crippen LogP contribution < -0.4 is 0 Å². The highest BCUT2D eigenvalue weighted by molar-refractivity contribution is 6.09. The standard InChI is InChI=1S/C31H28N2/c1-3-22-32-26-20-18-24(19-21-26)29(23-12-6-4-7-13-23)30-27-16-10-11-17-28(27)33(2)31(30)25-14-8-5-9-15-25/h4-21H,3,22H2,1-2H3. The van der Waals surface area contributed by atoms with Crippen molar-refractivity contribution in [3.8, 4) is 11.3 Å². The van der Waals surface area contributed by atoms with E-state index >= 15 is 0 Å². The Morgan fingerprint density at radius 1 is 0.758 bits per heavy atom. The molecule has 0 saturated carbocycles. The topological polar surface area (TPSA) is 17.3 Å². The first-order valence-corrected chi connectivity index (χ1v) is 11.6. The molecule has 162 valence electrons. The van der Waals surface area contributed by atoms with E-state index in [0.29, 0.717) is 0 Å². The largest absolute Gasteiger partial charge is 0.343 e. The van der Waals surface area contributed by atoms with Crippen LogP contribution in [0.3, 0.4) is 0 Å². The van der Waals surface area contributed by atoms with E-state index in [1.54, 1.807) is 0 Å². The van der Waals surface area contributed by atoms with Gasteiger partial charge in [-0.25, -0.2) is 0 Å². The molecule has 0 N–H and O–H groups in total. The summed E-state index contributed by atoms with van der Waals surface area (Å²) in [5.41, 5.74) is 9.64. The molecule has 0 radical (unpaired) electrons. The van der Waals surface area contributed by atoms with E-state index in [9.17, 15) is 0 Å². The molecule has 2 nitrogen and oxygen atoms in total. The average Bonchev–Trinajstić information content (AvgIpc) is 3.17. The lowest BCUT2D eigenvalue weighted by Crippen LogP contribution is -2.00. The predicted molar refractivity (Wildman–Crippen MR) is 142 cm³/mol. The maximum absolute atomic E-state index is 4.68. The molecule has 5 rings (SSSR count). The molecule has 0 atom stereocenters. The Hall–Kier alpha value is -3.91. The van der Waals surface area contributed by atoms with E-state index in [1.165, 1.54) is 44.4 Å². The van der Waals surface area contributed by atoms with Gasteiger partial charge in [-0.2, -0.15) is 0 Å². The summed E-state index contributed by atoms with van der Waals surface area (Å²) >= 11 is 0. The molecule has 4 aromatic rings. The predicted octanol–water partition coefficient (Wildman–Crippen LogP) is 7.62. The van der Waals surface area contributed by atoms with Crippen molar-refractivity contribution in [3.63, 3.8) is 0 Å². The van der Waals surface area contributed by atoms with Crippen molar-refractivity contribution in [2.75, 3.05) is 6.54 Å². The molecule has 1 heterocycles. The van der Waals surface area contributed by atoms with Crippen LogP contribution >= 0.6 is 0 Å². The van der Waals surface area contributed by atoms with Gasteiger partial charge in [-0.05, 0) is 46.9 Å². The van der Waals surface area contributed by atoms with Crippen LogP contribution in [-0.2, 0) is 7.05 Å². The van der Waals surface area contributed by atoms with Gasteiger partial charge in [0.25, 0.3) is 0 Å².